The van der Waals surface area contributed by atoms with Gasteiger partial charge in [-0.15, -0.1) is 0 Å². The first-order valence-electron chi connectivity index (χ1n) is 4.68. The van der Waals surface area contributed by atoms with E-state index < -0.39 is 0 Å². The molecule has 0 saturated heterocycles. The van der Waals surface area contributed by atoms with Crippen LogP contribution in [0.25, 0.3) is 0 Å². The van der Waals surface area contributed by atoms with Crippen molar-refractivity contribution in [2.75, 3.05) is 24.2 Å². The molecule has 0 bridgehead atoms. The monoisotopic (exact) mass is 177 g/mol. The van der Waals surface area contributed by atoms with Crippen molar-refractivity contribution in [2.45, 2.75) is 12.8 Å². The standard InChI is InChI=1S/C10H15N3/c1-13(7-8-2-3-8)10-6-9(11)4-5-12-10/h4-6,8H,2-3,7H2,1H3,(H2,11,12). The third-order valence-electron chi connectivity index (χ3n) is 2.39. The van der Waals surface area contributed by atoms with Gasteiger partial charge in [0, 0.05) is 31.5 Å². The van der Waals surface area contributed by atoms with Gasteiger partial charge in [0.15, 0.2) is 0 Å². The maximum absolute atomic E-state index is 5.68. The fraction of sp³-hybridized carbons (Fsp3) is 0.500. The molecule has 1 aliphatic rings. The predicted molar refractivity (Wildman–Crippen MR) is 54.6 cm³/mol. The van der Waals surface area contributed by atoms with Crippen molar-refractivity contribution in [1.29, 1.82) is 0 Å². The number of nitrogens with zero attached hydrogens (tertiary/aromatic N) is 2. The molecule has 13 heavy (non-hydrogen) atoms. The number of aromatic nitrogens is 1. The SMILES string of the molecule is CN(CC1CC1)c1cc(N)ccn1. The Morgan fingerprint density at radius 1 is 1.62 bits per heavy atom. The fourth-order valence-corrected chi connectivity index (χ4v) is 1.42. The van der Waals surface area contributed by atoms with E-state index in [-0.39, 0.29) is 0 Å². The van der Waals surface area contributed by atoms with E-state index in [4.69, 9.17) is 5.73 Å². The van der Waals surface area contributed by atoms with Gasteiger partial charge in [-0.25, -0.2) is 4.98 Å². The summed E-state index contributed by atoms with van der Waals surface area (Å²) >= 11 is 0. The molecule has 3 heteroatoms. The van der Waals surface area contributed by atoms with Crippen molar-refractivity contribution in [3.05, 3.63) is 18.3 Å². The van der Waals surface area contributed by atoms with Gasteiger partial charge in [-0.05, 0) is 24.8 Å². The molecule has 70 valence electrons. The van der Waals surface area contributed by atoms with E-state index >= 15 is 0 Å². The van der Waals surface area contributed by atoms with Gasteiger partial charge < -0.3 is 10.6 Å². The van der Waals surface area contributed by atoms with Crippen LogP contribution >= 0.6 is 0 Å². The Labute approximate surface area is 78.6 Å². The third-order valence-corrected chi connectivity index (χ3v) is 2.39. The average molecular weight is 177 g/mol. The summed E-state index contributed by atoms with van der Waals surface area (Å²) in [4.78, 5) is 6.44. The molecule has 0 aromatic carbocycles. The first-order valence-corrected chi connectivity index (χ1v) is 4.68. The van der Waals surface area contributed by atoms with E-state index in [2.05, 4.69) is 16.9 Å². The van der Waals surface area contributed by atoms with E-state index in [1.807, 2.05) is 12.1 Å². The fourth-order valence-electron chi connectivity index (χ4n) is 1.42. The summed E-state index contributed by atoms with van der Waals surface area (Å²) in [5.41, 5.74) is 6.46. The molecule has 0 amide bonds. The minimum absolute atomic E-state index is 0.785. The van der Waals surface area contributed by atoms with Gasteiger partial charge in [-0.3, -0.25) is 0 Å². The zero-order valence-electron chi connectivity index (χ0n) is 7.90. The average Bonchev–Trinajstić information content (AvgIpc) is 2.88. The maximum Gasteiger partial charge on any atom is 0.130 e. The molecule has 1 saturated carbocycles. The van der Waals surface area contributed by atoms with E-state index in [1.165, 1.54) is 12.8 Å². The molecule has 2 N–H and O–H groups in total. The molecule has 0 spiro atoms. The maximum atomic E-state index is 5.68. The summed E-state index contributed by atoms with van der Waals surface area (Å²) in [6, 6.07) is 3.73. The van der Waals surface area contributed by atoms with Crippen molar-refractivity contribution < 1.29 is 0 Å². The lowest BCUT2D eigenvalue weighted by molar-refractivity contribution is 0.777. The molecule has 1 aromatic heterocycles. The Morgan fingerprint density at radius 2 is 2.38 bits per heavy atom. The molecular weight excluding hydrogens is 162 g/mol. The second-order valence-corrected chi connectivity index (χ2v) is 3.77. The first-order chi connectivity index (χ1) is 6.25. The molecule has 1 fully saturated rings. The lowest BCUT2D eigenvalue weighted by atomic mass is 10.3. The second kappa shape index (κ2) is 3.24. The Bertz CT molecular complexity index is 294. The lowest BCUT2D eigenvalue weighted by Gasteiger charge is -2.17. The van der Waals surface area contributed by atoms with Crippen LogP contribution in [-0.4, -0.2) is 18.6 Å². The van der Waals surface area contributed by atoms with Crippen LogP contribution in [0, 0.1) is 5.92 Å². The molecule has 1 heterocycles. The number of nitrogen functional groups attached to an aromatic ring is 1. The summed E-state index contributed by atoms with van der Waals surface area (Å²) in [6.45, 7) is 1.11. The highest BCUT2D eigenvalue weighted by atomic mass is 15.2. The minimum Gasteiger partial charge on any atom is -0.399 e. The Morgan fingerprint density at radius 3 is 3.00 bits per heavy atom. The van der Waals surface area contributed by atoms with Crippen LogP contribution in [0.15, 0.2) is 18.3 Å². The van der Waals surface area contributed by atoms with Gasteiger partial charge in [0.25, 0.3) is 0 Å². The van der Waals surface area contributed by atoms with Crippen LogP contribution < -0.4 is 10.6 Å². The highest BCUT2D eigenvalue weighted by Gasteiger charge is 2.23. The Hall–Kier alpha value is -1.25. The second-order valence-electron chi connectivity index (χ2n) is 3.77. The highest BCUT2D eigenvalue weighted by molar-refractivity contribution is 5.49. The smallest absolute Gasteiger partial charge is 0.130 e. The highest BCUT2D eigenvalue weighted by Crippen LogP contribution is 2.30. The van der Waals surface area contributed by atoms with Gasteiger partial charge in [-0.2, -0.15) is 0 Å². The van der Waals surface area contributed by atoms with Crippen LogP contribution in [0.3, 0.4) is 0 Å². The van der Waals surface area contributed by atoms with E-state index in [1.54, 1.807) is 6.20 Å². The minimum atomic E-state index is 0.785. The van der Waals surface area contributed by atoms with Crippen molar-refractivity contribution in [3.63, 3.8) is 0 Å². The van der Waals surface area contributed by atoms with Gasteiger partial charge in [-0.1, -0.05) is 0 Å². The molecule has 1 aliphatic carbocycles. The van der Waals surface area contributed by atoms with Gasteiger partial charge in [0.2, 0.25) is 0 Å². The summed E-state index contributed by atoms with van der Waals surface area (Å²) < 4.78 is 0. The number of hydrogen-bond donors (Lipinski definition) is 1. The van der Waals surface area contributed by atoms with Crippen molar-refractivity contribution in [1.82, 2.24) is 4.98 Å². The summed E-state index contributed by atoms with van der Waals surface area (Å²) in [5, 5.41) is 0. The number of rotatable bonds is 3. The van der Waals surface area contributed by atoms with E-state index in [9.17, 15) is 0 Å². The van der Waals surface area contributed by atoms with E-state index in [0.29, 0.717) is 0 Å². The van der Waals surface area contributed by atoms with Crippen LogP contribution in [-0.2, 0) is 0 Å². The Balaban J connectivity index is 2.04. The molecular formula is C10H15N3. The van der Waals surface area contributed by atoms with Crippen LogP contribution in [0.1, 0.15) is 12.8 Å². The molecule has 0 atom stereocenters. The van der Waals surface area contributed by atoms with Crippen LogP contribution in [0.5, 0.6) is 0 Å². The number of pyridine rings is 1. The lowest BCUT2D eigenvalue weighted by Crippen LogP contribution is -2.20. The van der Waals surface area contributed by atoms with Crippen molar-refractivity contribution >= 4 is 11.5 Å². The quantitative estimate of drug-likeness (QED) is 0.761. The molecule has 3 nitrogen and oxygen atoms in total. The van der Waals surface area contributed by atoms with Gasteiger partial charge in [0.1, 0.15) is 5.82 Å². The van der Waals surface area contributed by atoms with Crippen molar-refractivity contribution in [2.24, 2.45) is 5.92 Å². The molecule has 2 rings (SSSR count). The van der Waals surface area contributed by atoms with E-state index in [0.717, 1.165) is 24.0 Å². The first kappa shape index (κ1) is 8.35. The normalized spacial score (nSPS) is 15.8. The molecule has 0 radical (unpaired) electrons. The third kappa shape index (κ3) is 2.11. The van der Waals surface area contributed by atoms with Crippen LogP contribution in [0.2, 0.25) is 0 Å². The Kier molecular flexibility index (Phi) is 2.08. The predicted octanol–water partition coefficient (Wildman–Crippen LogP) is 1.51. The van der Waals surface area contributed by atoms with Gasteiger partial charge in [0.05, 0.1) is 0 Å². The van der Waals surface area contributed by atoms with Crippen molar-refractivity contribution in [3.8, 4) is 0 Å². The largest absolute Gasteiger partial charge is 0.399 e. The zero-order valence-corrected chi connectivity index (χ0v) is 7.90. The molecule has 0 aliphatic heterocycles. The number of hydrogen-bond acceptors (Lipinski definition) is 3. The molecule has 1 aromatic rings. The zero-order chi connectivity index (χ0) is 9.26. The summed E-state index contributed by atoms with van der Waals surface area (Å²) in [7, 11) is 2.07. The number of nitrogens with two attached hydrogens (primary N) is 1. The summed E-state index contributed by atoms with van der Waals surface area (Å²) in [6.07, 6.45) is 4.49. The topological polar surface area (TPSA) is 42.1 Å². The number of anilines is 2. The summed E-state index contributed by atoms with van der Waals surface area (Å²) in [5.74, 6) is 1.86. The molecule has 0 unspecified atom stereocenters. The van der Waals surface area contributed by atoms with Gasteiger partial charge >= 0.3 is 0 Å². The van der Waals surface area contributed by atoms with Crippen LogP contribution in [0.4, 0.5) is 11.5 Å².